The van der Waals surface area contributed by atoms with Crippen LogP contribution >= 0.6 is 0 Å². The van der Waals surface area contributed by atoms with Crippen LogP contribution < -0.4 is 0 Å². The second kappa shape index (κ2) is 4.20. The molecule has 0 bridgehead atoms. The molecule has 0 unspecified atom stereocenters. The fourth-order valence-corrected chi connectivity index (χ4v) is 1.34. The molecule has 0 aliphatic rings. The Labute approximate surface area is 96.6 Å². The largest absolute Gasteiger partial charge is 0.383 e. The van der Waals surface area contributed by atoms with Gasteiger partial charge in [0.25, 0.3) is 0 Å². The predicted molar refractivity (Wildman–Crippen MR) is 56.2 cm³/mol. The second-order valence-electron chi connectivity index (χ2n) is 3.36. The van der Waals surface area contributed by atoms with E-state index in [4.69, 9.17) is 4.74 Å². The number of hydrogen-bond acceptors (Lipinski definition) is 5. The maximum atomic E-state index is 11.6. The van der Waals surface area contributed by atoms with E-state index in [2.05, 4.69) is 10.2 Å². The lowest BCUT2D eigenvalue weighted by molar-refractivity contribution is 0.0383. The van der Waals surface area contributed by atoms with Crippen LogP contribution in [0, 0.1) is 0 Å². The van der Waals surface area contributed by atoms with Crippen LogP contribution in [0.5, 0.6) is 0 Å². The number of aromatic nitrogens is 4. The van der Waals surface area contributed by atoms with Crippen molar-refractivity contribution in [1.82, 2.24) is 19.6 Å². The smallest absolute Gasteiger partial charge is 0.364 e. The number of ether oxygens (including phenoxy) is 1. The highest BCUT2D eigenvalue weighted by molar-refractivity contribution is 6.00. The minimum absolute atomic E-state index is 0.209. The lowest BCUT2D eigenvalue weighted by Gasteiger charge is -2.03. The van der Waals surface area contributed by atoms with Crippen LogP contribution in [-0.2, 0) is 18.8 Å². The Hall–Kier alpha value is -2.44. The van der Waals surface area contributed by atoms with Gasteiger partial charge in [-0.15, -0.1) is 0 Å². The van der Waals surface area contributed by atoms with Crippen molar-refractivity contribution in [2.75, 3.05) is 0 Å². The van der Waals surface area contributed by atoms with E-state index >= 15 is 0 Å². The number of rotatable bonds is 2. The van der Waals surface area contributed by atoms with Crippen molar-refractivity contribution >= 4 is 11.9 Å². The number of hydrogen-bond donors (Lipinski definition) is 0. The highest BCUT2D eigenvalue weighted by Gasteiger charge is 2.19. The molecule has 0 atom stereocenters. The van der Waals surface area contributed by atoms with Gasteiger partial charge in [-0.05, 0) is 12.1 Å². The topological polar surface area (TPSA) is 79.0 Å². The minimum Gasteiger partial charge on any atom is -0.383 e. The van der Waals surface area contributed by atoms with Gasteiger partial charge in [0.2, 0.25) is 0 Å². The zero-order chi connectivity index (χ0) is 12.4. The van der Waals surface area contributed by atoms with Crippen LogP contribution in [0.1, 0.15) is 21.0 Å². The number of nitrogens with zero attached hydrogens (tertiary/aromatic N) is 4. The van der Waals surface area contributed by atoms with E-state index in [-0.39, 0.29) is 11.4 Å². The Morgan fingerprint density at radius 1 is 1.00 bits per heavy atom. The average Bonchev–Trinajstić information content (AvgIpc) is 2.86. The number of esters is 2. The molecule has 0 aliphatic carbocycles. The number of carbonyl (C=O) groups is 2. The summed E-state index contributed by atoms with van der Waals surface area (Å²) in [7, 11) is 3.18. The van der Waals surface area contributed by atoms with Gasteiger partial charge in [0.1, 0.15) is 11.4 Å². The van der Waals surface area contributed by atoms with Gasteiger partial charge >= 0.3 is 11.9 Å². The van der Waals surface area contributed by atoms with Crippen LogP contribution in [0.2, 0.25) is 0 Å². The molecule has 2 aromatic heterocycles. The summed E-state index contributed by atoms with van der Waals surface area (Å²) in [6, 6.07) is 2.94. The third-order valence-corrected chi connectivity index (χ3v) is 2.25. The molecule has 0 aliphatic heterocycles. The Bertz CT molecular complexity index is 519. The summed E-state index contributed by atoms with van der Waals surface area (Å²) in [5.41, 5.74) is 0.418. The van der Waals surface area contributed by atoms with Crippen LogP contribution in [-0.4, -0.2) is 31.5 Å². The Kier molecular flexibility index (Phi) is 2.73. The molecule has 88 valence electrons. The average molecular weight is 234 g/mol. The normalized spacial score (nSPS) is 10.2. The summed E-state index contributed by atoms with van der Waals surface area (Å²) in [5, 5.41) is 7.62. The summed E-state index contributed by atoms with van der Waals surface area (Å²) in [5.74, 6) is -1.48. The standard InChI is InChI=1S/C10H10N4O3/c1-13-7(3-5-11-13)9(15)17-10(16)8-4-6-12-14(8)2/h3-6H,1-2H3. The zero-order valence-electron chi connectivity index (χ0n) is 9.32. The summed E-state index contributed by atoms with van der Waals surface area (Å²) in [6.07, 6.45) is 2.90. The van der Waals surface area contributed by atoms with Crippen LogP contribution in [0.25, 0.3) is 0 Å². The fraction of sp³-hybridized carbons (Fsp3) is 0.200. The number of carbonyl (C=O) groups excluding carboxylic acids is 2. The molecule has 0 spiro atoms. The zero-order valence-corrected chi connectivity index (χ0v) is 9.32. The van der Waals surface area contributed by atoms with Gasteiger partial charge in [0, 0.05) is 26.5 Å². The lowest BCUT2D eigenvalue weighted by Crippen LogP contribution is -2.18. The Morgan fingerprint density at radius 3 is 1.71 bits per heavy atom. The predicted octanol–water partition coefficient (Wildman–Crippen LogP) is 0.151. The fourth-order valence-electron chi connectivity index (χ4n) is 1.34. The van der Waals surface area contributed by atoms with Gasteiger partial charge in [0.15, 0.2) is 0 Å². The first-order valence-electron chi connectivity index (χ1n) is 4.82. The van der Waals surface area contributed by atoms with E-state index in [1.165, 1.54) is 33.9 Å². The van der Waals surface area contributed by atoms with Crippen LogP contribution in [0.3, 0.4) is 0 Å². The molecule has 7 nitrogen and oxygen atoms in total. The molecular formula is C10H10N4O3. The minimum atomic E-state index is -0.740. The monoisotopic (exact) mass is 234 g/mol. The molecule has 0 N–H and O–H groups in total. The Balaban J connectivity index is 2.13. The molecule has 0 radical (unpaired) electrons. The summed E-state index contributed by atoms with van der Waals surface area (Å²) >= 11 is 0. The van der Waals surface area contributed by atoms with E-state index in [0.717, 1.165) is 0 Å². The quantitative estimate of drug-likeness (QED) is 0.546. The van der Waals surface area contributed by atoms with Gasteiger partial charge in [-0.1, -0.05) is 0 Å². The van der Waals surface area contributed by atoms with Crippen molar-refractivity contribution < 1.29 is 14.3 Å². The van der Waals surface area contributed by atoms with Crippen molar-refractivity contribution in [3.8, 4) is 0 Å². The van der Waals surface area contributed by atoms with Crippen molar-refractivity contribution in [3.63, 3.8) is 0 Å². The first kappa shape index (κ1) is 11.1. The van der Waals surface area contributed by atoms with Gasteiger partial charge < -0.3 is 4.74 Å². The summed E-state index contributed by atoms with van der Waals surface area (Å²) in [6.45, 7) is 0. The van der Waals surface area contributed by atoms with E-state index in [1.807, 2.05) is 0 Å². The summed E-state index contributed by atoms with van der Waals surface area (Å²) < 4.78 is 7.37. The molecule has 0 amide bonds. The third-order valence-electron chi connectivity index (χ3n) is 2.25. The van der Waals surface area contributed by atoms with Crippen molar-refractivity contribution in [2.24, 2.45) is 14.1 Å². The highest BCUT2D eigenvalue weighted by atomic mass is 16.6. The SMILES string of the molecule is Cn1nccc1C(=O)OC(=O)c1ccnn1C. The molecule has 0 saturated heterocycles. The molecule has 17 heavy (non-hydrogen) atoms. The molecular weight excluding hydrogens is 224 g/mol. The lowest BCUT2D eigenvalue weighted by atomic mass is 10.4. The van der Waals surface area contributed by atoms with Gasteiger partial charge in [0.05, 0.1) is 0 Å². The van der Waals surface area contributed by atoms with E-state index in [9.17, 15) is 9.59 Å². The molecule has 0 aromatic carbocycles. The third kappa shape index (κ3) is 2.07. The maximum Gasteiger partial charge on any atom is 0.364 e. The molecule has 2 rings (SSSR count). The van der Waals surface area contributed by atoms with Gasteiger partial charge in [-0.25, -0.2) is 9.59 Å². The van der Waals surface area contributed by atoms with E-state index in [1.54, 1.807) is 14.1 Å². The van der Waals surface area contributed by atoms with Crippen molar-refractivity contribution in [1.29, 1.82) is 0 Å². The molecule has 2 aromatic rings. The van der Waals surface area contributed by atoms with E-state index < -0.39 is 11.9 Å². The number of aryl methyl sites for hydroxylation is 2. The van der Waals surface area contributed by atoms with Crippen molar-refractivity contribution in [2.45, 2.75) is 0 Å². The molecule has 7 heteroatoms. The van der Waals surface area contributed by atoms with E-state index in [0.29, 0.717) is 0 Å². The highest BCUT2D eigenvalue weighted by Crippen LogP contribution is 2.04. The van der Waals surface area contributed by atoms with Gasteiger partial charge in [-0.2, -0.15) is 10.2 Å². The van der Waals surface area contributed by atoms with Crippen molar-refractivity contribution in [3.05, 3.63) is 35.9 Å². The maximum absolute atomic E-state index is 11.6. The van der Waals surface area contributed by atoms with Crippen LogP contribution in [0.15, 0.2) is 24.5 Å². The molecule has 2 heterocycles. The first-order chi connectivity index (χ1) is 8.09. The Morgan fingerprint density at radius 2 is 1.41 bits per heavy atom. The van der Waals surface area contributed by atoms with Crippen LogP contribution in [0.4, 0.5) is 0 Å². The summed E-state index contributed by atoms with van der Waals surface area (Å²) in [4.78, 5) is 23.2. The second-order valence-corrected chi connectivity index (χ2v) is 3.36. The molecule has 0 saturated carbocycles. The molecule has 0 fully saturated rings. The first-order valence-corrected chi connectivity index (χ1v) is 4.82. The van der Waals surface area contributed by atoms with Gasteiger partial charge in [-0.3, -0.25) is 9.36 Å².